The molecule has 17 heavy (non-hydrogen) atoms. The third-order valence-electron chi connectivity index (χ3n) is 2.32. The first-order valence-corrected chi connectivity index (χ1v) is 7.19. The van der Waals surface area contributed by atoms with Crippen LogP contribution in [-0.2, 0) is 10.0 Å². The van der Waals surface area contributed by atoms with Crippen LogP contribution in [0.5, 0.6) is 0 Å². The van der Waals surface area contributed by atoms with Crippen LogP contribution in [0.25, 0.3) is 0 Å². The molecule has 0 aliphatic carbocycles. The predicted octanol–water partition coefficient (Wildman–Crippen LogP) is 3.16. The van der Waals surface area contributed by atoms with E-state index in [-0.39, 0.29) is 9.92 Å². The third-order valence-corrected chi connectivity index (χ3v) is 5.19. The summed E-state index contributed by atoms with van der Waals surface area (Å²) in [5, 5.41) is -0.669. The maximum absolute atomic E-state index is 13.4. The van der Waals surface area contributed by atoms with Gasteiger partial charge in [0.05, 0.1) is 10.0 Å². The Balaban J connectivity index is 3.40. The van der Waals surface area contributed by atoms with Crippen LogP contribution in [0.2, 0.25) is 10.0 Å². The molecule has 7 heteroatoms. The SMILES string of the molecule is CCN(CC)S(=O)(=O)c1ccc(Cl)c(F)c1Cl. The zero-order chi connectivity index (χ0) is 13.2. The normalized spacial score (nSPS) is 12.1. The van der Waals surface area contributed by atoms with Crippen LogP contribution in [0.4, 0.5) is 4.39 Å². The minimum Gasteiger partial charge on any atom is -0.207 e. The van der Waals surface area contributed by atoms with Crippen LogP contribution in [-0.4, -0.2) is 25.8 Å². The second-order valence-electron chi connectivity index (χ2n) is 3.26. The van der Waals surface area contributed by atoms with Crippen LogP contribution in [0.3, 0.4) is 0 Å². The lowest BCUT2D eigenvalue weighted by atomic mass is 10.3. The topological polar surface area (TPSA) is 37.4 Å². The average Bonchev–Trinajstić information content (AvgIpc) is 2.27. The Kier molecular flexibility index (Phi) is 4.77. The van der Waals surface area contributed by atoms with E-state index in [0.717, 1.165) is 0 Å². The van der Waals surface area contributed by atoms with Crippen molar-refractivity contribution in [3.63, 3.8) is 0 Å². The van der Waals surface area contributed by atoms with Gasteiger partial charge in [0.15, 0.2) is 5.82 Å². The van der Waals surface area contributed by atoms with Crippen LogP contribution in [0.15, 0.2) is 17.0 Å². The molecule has 0 aliphatic heterocycles. The Labute approximate surface area is 110 Å². The van der Waals surface area contributed by atoms with Gasteiger partial charge in [0.1, 0.15) is 4.90 Å². The Morgan fingerprint density at radius 2 is 1.76 bits per heavy atom. The van der Waals surface area contributed by atoms with E-state index >= 15 is 0 Å². The molecular weight excluding hydrogens is 288 g/mol. The van der Waals surface area contributed by atoms with Crippen LogP contribution in [0, 0.1) is 5.82 Å². The smallest absolute Gasteiger partial charge is 0.207 e. The fraction of sp³-hybridized carbons (Fsp3) is 0.400. The highest BCUT2D eigenvalue weighted by atomic mass is 35.5. The van der Waals surface area contributed by atoms with Gasteiger partial charge < -0.3 is 0 Å². The van der Waals surface area contributed by atoms with E-state index < -0.39 is 20.9 Å². The molecule has 1 rings (SSSR count). The van der Waals surface area contributed by atoms with Crippen molar-refractivity contribution in [2.45, 2.75) is 18.7 Å². The number of rotatable bonds is 4. The van der Waals surface area contributed by atoms with E-state index in [1.165, 1.54) is 16.4 Å². The summed E-state index contributed by atoms with van der Waals surface area (Å²) in [5.74, 6) is -0.915. The summed E-state index contributed by atoms with van der Waals surface area (Å²) in [7, 11) is -3.77. The second-order valence-corrected chi connectivity index (χ2v) is 5.95. The second kappa shape index (κ2) is 5.52. The Morgan fingerprint density at radius 1 is 1.24 bits per heavy atom. The van der Waals surface area contributed by atoms with E-state index in [4.69, 9.17) is 23.2 Å². The Morgan fingerprint density at radius 3 is 2.24 bits per heavy atom. The standard InChI is InChI=1S/C10H12Cl2FNO2S/c1-3-14(4-2)17(15,16)8-6-5-7(11)10(13)9(8)12/h5-6H,3-4H2,1-2H3. The van der Waals surface area contributed by atoms with Crippen molar-refractivity contribution in [2.75, 3.05) is 13.1 Å². The van der Waals surface area contributed by atoms with E-state index in [0.29, 0.717) is 13.1 Å². The largest absolute Gasteiger partial charge is 0.244 e. The lowest BCUT2D eigenvalue weighted by Crippen LogP contribution is -2.30. The molecule has 0 atom stereocenters. The molecule has 1 aromatic rings. The van der Waals surface area contributed by atoms with Crippen molar-refractivity contribution in [1.29, 1.82) is 0 Å². The van der Waals surface area contributed by atoms with Gasteiger partial charge in [0.25, 0.3) is 0 Å². The van der Waals surface area contributed by atoms with Crippen LogP contribution in [0.1, 0.15) is 13.8 Å². The number of hydrogen-bond donors (Lipinski definition) is 0. The number of nitrogens with zero attached hydrogens (tertiary/aromatic N) is 1. The Bertz CT molecular complexity index is 515. The van der Waals surface area contributed by atoms with Gasteiger partial charge in [-0.05, 0) is 12.1 Å². The molecule has 0 aromatic heterocycles. The summed E-state index contributed by atoms with van der Waals surface area (Å²) in [5.41, 5.74) is 0. The number of hydrogen-bond acceptors (Lipinski definition) is 2. The maximum Gasteiger partial charge on any atom is 0.244 e. The first-order chi connectivity index (χ1) is 7.86. The number of halogens is 3. The van der Waals surface area contributed by atoms with Crippen LogP contribution >= 0.6 is 23.2 Å². The minimum absolute atomic E-state index is 0.200. The van der Waals surface area contributed by atoms with Crippen molar-refractivity contribution >= 4 is 33.2 Å². The monoisotopic (exact) mass is 299 g/mol. The fourth-order valence-electron chi connectivity index (χ4n) is 1.41. The van der Waals surface area contributed by atoms with Crippen molar-refractivity contribution in [3.05, 3.63) is 28.0 Å². The highest BCUT2D eigenvalue weighted by molar-refractivity contribution is 7.89. The molecule has 0 saturated carbocycles. The maximum atomic E-state index is 13.4. The minimum atomic E-state index is -3.77. The molecule has 0 unspecified atom stereocenters. The molecule has 0 spiro atoms. The van der Waals surface area contributed by atoms with Gasteiger partial charge in [-0.15, -0.1) is 0 Å². The van der Waals surface area contributed by atoms with E-state index in [1.54, 1.807) is 13.8 Å². The van der Waals surface area contributed by atoms with Crippen molar-refractivity contribution in [3.8, 4) is 0 Å². The highest BCUT2D eigenvalue weighted by Gasteiger charge is 2.26. The van der Waals surface area contributed by atoms with Gasteiger partial charge in [-0.3, -0.25) is 0 Å². The highest BCUT2D eigenvalue weighted by Crippen LogP contribution is 2.31. The third kappa shape index (κ3) is 2.73. The van der Waals surface area contributed by atoms with Gasteiger partial charge in [-0.1, -0.05) is 37.0 Å². The summed E-state index contributed by atoms with van der Waals surface area (Å²) in [4.78, 5) is -0.259. The first-order valence-electron chi connectivity index (χ1n) is 4.99. The molecule has 0 radical (unpaired) electrons. The quantitative estimate of drug-likeness (QED) is 0.801. The van der Waals surface area contributed by atoms with Crippen molar-refractivity contribution in [1.82, 2.24) is 4.31 Å². The van der Waals surface area contributed by atoms with Crippen molar-refractivity contribution < 1.29 is 12.8 Å². The predicted molar refractivity (Wildman–Crippen MR) is 66.5 cm³/mol. The zero-order valence-electron chi connectivity index (χ0n) is 9.37. The summed E-state index contributed by atoms with van der Waals surface area (Å²) < 4.78 is 38.9. The molecule has 0 amide bonds. The summed E-state index contributed by atoms with van der Waals surface area (Å²) in [6.07, 6.45) is 0. The van der Waals surface area contributed by atoms with E-state index in [9.17, 15) is 12.8 Å². The molecule has 3 nitrogen and oxygen atoms in total. The molecule has 0 bridgehead atoms. The fourth-order valence-corrected chi connectivity index (χ4v) is 3.59. The van der Waals surface area contributed by atoms with E-state index in [2.05, 4.69) is 0 Å². The molecule has 96 valence electrons. The zero-order valence-corrected chi connectivity index (χ0v) is 11.7. The number of sulfonamides is 1. The molecule has 1 aromatic carbocycles. The lowest BCUT2D eigenvalue weighted by Gasteiger charge is -2.19. The van der Waals surface area contributed by atoms with Gasteiger partial charge in [-0.2, -0.15) is 4.31 Å². The van der Waals surface area contributed by atoms with Gasteiger partial charge in [-0.25, -0.2) is 12.8 Å². The van der Waals surface area contributed by atoms with Gasteiger partial charge >= 0.3 is 0 Å². The molecule has 0 heterocycles. The molecule has 0 fully saturated rings. The molecule has 0 saturated heterocycles. The van der Waals surface area contributed by atoms with Crippen molar-refractivity contribution in [2.24, 2.45) is 0 Å². The molecule has 0 N–H and O–H groups in total. The van der Waals surface area contributed by atoms with Gasteiger partial charge in [0.2, 0.25) is 10.0 Å². The molecular formula is C10H12Cl2FNO2S. The lowest BCUT2D eigenvalue weighted by molar-refractivity contribution is 0.444. The van der Waals surface area contributed by atoms with Crippen LogP contribution < -0.4 is 0 Å². The average molecular weight is 300 g/mol. The summed E-state index contributed by atoms with van der Waals surface area (Å²) in [6, 6.07) is 2.39. The Hall–Kier alpha value is -0.360. The summed E-state index contributed by atoms with van der Waals surface area (Å²) in [6.45, 7) is 3.97. The summed E-state index contributed by atoms with van der Waals surface area (Å²) >= 11 is 11.2. The van der Waals surface area contributed by atoms with Gasteiger partial charge in [0, 0.05) is 13.1 Å². The molecule has 0 aliphatic rings. The first kappa shape index (κ1) is 14.7. The van der Waals surface area contributed by atoms with E-state index in [1.807, 2.05) is 0 Å². The number of benzene rings is 1.